The Labute approximate surface area is 126 Å². The van der Waals surface area contributed by atoms with Crippen LogP contribution in [0.15, 0.2) is 41.3 Å². The average Bonchev–Trinajstić information content (AvgIpc) is 2.43. The quantitative estimate of drug-likeness (QED) is 0.852. The lowest BCUT2D eigenvalue weighted by Gasteiger charge is -2.14. The smallest absolute Gasteiger partial charge is 0.264 e. The summed E-state index contributed by atoms with van der Waals surface area (Å²) in [5.41, 5.74) is 9.38. The molecule has 0 fully saturated rings. The number of benzene rings is 2. The zero-order chi connectivity index (χ0) is 15.6. The van der Waals surface area contributed by atoms with Crippen molar-refractivity contribution in [3.8, 4) is 0 Å². The van der Waals surface area contributed by atoms with E-state index in [1.165, 1.54) is 0 Å². The van der Waals surface area contributed by atoms with Gasteiger partial charge >= 0.3 is 0 Å². The van der Waals surface area contributed by atoms with E-state index in [-0.39, 0.29) is 10.6 Å². The van der Waals surface area contributed by atoms with Gasteiger partial charge in [-0.1, -0.05) is 25.1 Å². The van der Waals surface area contributed by atoms with Crippen molar-refractivity contribution >= 4 is 21.4 Å². The first-order chi connectivity index (χ1) is 9.85. The lowest BCUT2D eigenvalue weighted by molar-refractivity contribution is 0.601. The molecule has 0 aliphatic heterocycles. The van der Waals surface area contributed by atoms with Crippen molar-refractivity contribution < 1.29 is 8.42 Å². The molecule has 2 aromatic rings. The summed E-state index contributed by atoms with van der Waals surface area (Å²) < 4.78 is 27.7. The van der Waals surface area contributed by atoms with E-state index in [0.717, 1.165) is 17.5 Å². The molecule has 3 N–H and O–H groups in total. The van der Waals surface area contributed by atoms with Gasteiger partial charge in [0.1, 0.15) is 4.90 Å². The highest BCUT2D eigenvalue weighted by atomic mass is 32.2. The molecule has 0 atom stereocenters. The molecule has 0 bridgehead atoms. The number of hydrogen-bond acceptors (Lipinski definition) is 3. The Hall–Kier alpha value is -2.01. The minimum Gasteiger partial charge on any atom is -0.398 e. The van der Waals surface area contributed by atoms with Gasteiger partial charge < -0.3 is 5.73 Å². The van der Waals surface area contributed by atoms with Gasteiger partial charge in [0, 0.05) is 5.69 Å². The molecule has 21 heavy (non-hydrogen) atoms. The number of sulfonamides is 1. The second-order valence-electron chi connectivity index (χ2n) is 5.08. The van der Waals surface area contributed by atoms with Gasteiger partial charge in [-0.25, -0.2) is 8.42 Å². The molecule has 0 aromatic heterocycles. The molecule has 0 aliphatic carbocycles. The van der Waals surface area contributed by atoms with Crippen LogP contribution in [-0.2, 0) is 16.4 Å². The summed E-state index contributed by atoms with van der Waals surface area (Å²) in [6.07, 6.45) is 0.914. The molecule has 0 saturated carbocycles. The third-order valence-electron chi connectivity index (χ3n) is 3.59. The lowest BCUT2D eigenvalue weighted by atomic mass is 10.1. The molecule has 112 valence electrons. The molecule has 0 radical (unpaired) electrons. The number of anilines is 2. The molecule has 0 amide bonds. The van der Waals surface area contributed by atoms with Crippen molar-refractivity contribution in [3.05, 3.63) is 53.1 Å². The van der Waals surface area contributed by atoms with Gasteiger partial charge in [-0.15, -0.1) is 0 Å². The highest BCUT2D eigenvalue weighted by molar-refractivity contribution is 7.93. The van der Waals surface area contributed by atoms with Gasteiger partial charge in [-0.05, 0) is 55.2 Å². The molecular weight excluding hydrogens is 284 g/mol. The van der Waals surface area contributed by atoms with Crippen molar-refractivity contribution in [2.24, 2.45) is 0 Å². The minimum absolute atomic E-state index is 0.155. The maximum Gasteiger partial charge on any atom is 0.264 e. The van der Waals surface area contributed by atoms with Gasteiger partial charge in [0.05, 0.1) is 5.69 Å². The van der Waals surface area contributed by atoms with Gasteiger partial charge in [0.25, 0.3) is 10.0 Å². The first-order valence-corrected chi connectivity index (χ1v) is 8.31. The van der Waals surface area contributed by atoms with Gasteiger partial charge in [0.2, 0.25) is 0 Å². The molecular formula is C16H20N2O2S. The molecule has 0 aliphatic rings. The maximum absolute atomic E-state index is 12.6. The first-order valence-electron chi connectivity index (χ1n) is 6.82. The standard InChI is InChI=1S/C16H20N2O2S/c1-4-13-6-8-14(9-7-13)18-21(19,20)16-12(3)11(2)5-10-15(16)17/h5-10,18H,4,17H2,1-3H3. The number of hydrogen-bond donors (Lipinski definition) is 2. The predicted octanol–water partition coefficient (Wildman–Crippen LogP) is 3.25. The molecule has 0 heterocycles. The van der Waals surface area contributed by atoms with Gasteiger partial charge in [-0.2, -0.15) is 0 Å². The molecule has 5 heteroatoms. The van der Waals surface area contributed by atoms with E-state index in [2.05, 4.69) is 11.6 Å². The van der Waals surface area contributed by atoms with Crippen molar-refractivity contribution in [1.82, 2.24) is 0 Å². The Kier molecular flexibility index (Phi) is 4.23. The number of nitrogens with two attached hydrogens (primary N) is 1. The van der Waals surface area contributed by atoms with Crippen molar-refractivity contribution in [1.29, 1.82) is 0 Å². The Morgan fingerprint density at radius 3 is 2.24 bits per heavy atom. The average molecular weight is 304 g/mol. The fraction of sp³-hybridized carbons (Fsp3) is 0.250. The van der Waals surface area contributed by atoms with Crippen LogP contribution in [0.3, 0.4) is 0 Å². The van der Waals surface area contributed by atoms with Crippen LogP contribution < -0.4 is 10.5 Å². The monoisotopic (exact) mass is 304 g/mol. The highest BCUT2D eigenvalue weighted by Gasteiger charge is 2.21. The Bertz CT molecular complexity index is 751. The summed E-state index contributed by atoms with van der Waals surface area (Å²) in [5.74, 6) is 0. The van der Waals surface area contributed by atoms with E-state index in [4.69, 9.17) is 5.73 Å². The molecule has 0 unspecified atom stereocenters. The van der Waals surface area contributed by atoms with E-state index in [9.17, 15) is 8.42 Å². The summed E-state index contributed by atoms with van der Waals surface area (Å²) in [6.45, 7) is 5.68. The van der Waals surface area contributed by atoms with Gasteiger partial charge in [-0.3, -0.25) is 4.72 Å². The normalized spacial score (nSPS) is 11.4. The second-order valence-corrected chi connectivity index (χ2v) is 6.70. The van der Waals surface area contributed by atoms with Crippen molar-refractivity contribution in [2.75, 3.05) is 10.5 Å². The van der Waals surface area contributed by atoms with E-state index >= 15 is 0 Å². The van der Waals surface area contributed by atoms with E-state index < -0.39 is 10.0 Å². The molecule has 0 saturated heterocycles. The Morgan fingerprint density at radius 1 is 1.05 bits per heavy atom. The third kappa shape index (κ3) is 3.19. The molecule has 4 nitrogen and oxygen atoms in total. The van der Waals surface area contributed by atoms with Crippen LogP contribution >= 0.6 is 0 Å². The summed E-state index contributed by atoms with van der Waals surface area (Å²) in [7, 11) is -3.69. The number of aryl methyl sites for hydroxylation is 2. The maximum atomic E-state index is 12.6. The predicted molar refractivity (Wildman–Crippen MR) is 87.0 cm³/mol. The molecule has 2 aromatic carbocycles. The topological polar surface area (TPSA) is 72.2 Å². The minimum atomic E-state index is -3.69. The summed E-state index contributed by atoms with van der Waals surface area (Å²) in [5, 5.41) is 0. The van der Waals surface area contributed by atoms with Gasteiger partial charge in [0.15, 0.2) is 0 Å². The van der Waals surface area contributed by atoms with E-state index in [1.807, 2.05) is 25.1 Å². The van der Waals surface area contributed by atoms with Crippen LogP contribution in [0.1, 0.15) is 23.6 Å². The summed E-state index contributed by atoms with van der Waals surface area (Å²) >= 11 is 0. The van der Waals surface area contributed by atoms with E-state index in [0.29, 0.717) is 11.3 Å². The van der Waals surface area contributed by atoms with Crippen LogP contribution in [-0.4, -0.2) is 8.42 Å². The number of rotatable bonds is 4. The van der Waals surface area contributed by atoms with Crippen LogP contribution in [0.5, 0.6) is 0 Å². The van der Waals surface area contributed by atoms with Crippen molar-refractivity contribution in [2.45, 2.75) is 32.1 Å². The van der Waals surface area contributed by atoms with Crippen LogP contribution in [0, 0.1) is 13.8 Å². The second kappa shape index (κ2) is 5.77. The summed E-state index contributed by atoms with van der Waals surface area (Å²) in [4.78, 5) is 0.155. The molecule has 0 spiro atoms. The van der Waals surface area contributed by atoms with Crippen LogP contribution in [0.25, 0.3) is 0 Å². The van der Waals surface area contributed by atoms with Crippen LogP contribution in [0.2, 0.25) is 0 Å². The largest absolute Gasteiger partial charge is 0.398 e. The number of nitrogen functional groups attached to an aromatic ring is 1. The summed E-state index contributed by atoms with van der Waals surface area (Å²) in [6, 6.07) is 10.8. The third-order valence-corrected chi connectivity index (χ3v) is 5.17. The van der Waals surface area contributed by atoms with E-state index in [1.54, 1.807) is 25.1 Å². The lowest BCUT2D eigenvalue weighted by Crippen LogP contribution is -2.16. The zero-order valence-corrected chi connectivity index (χ0v) is 13.3. The number of nitrogens with one attached hydrogen (secondary N) is 1. The zero-order valence-electron chi connectivity index (χ0n) is 12.5. The fourth-order valence-corrected chi connectivity index (χ4v) is 3.67. The first kappa shape index (κ1) is 15.4. The van der Waals surface area contributed by atoms with Crippen LogP contribution in [0.4, 0.5) is 11.4 Å². The Morgan fingerprint density at radius 2 is 1.67 bits per heavy atom. The fourth-order valence-electron chi connectivity index (χ4n) is 2.18. The Balaban J connectivity index is 2.41. The SMILES string of the molecule is CCc1ccc(NS(=O)(=O)c2c(N)ccc(C)c2C)cc1. The van der Waals surface area contributed by atoms with Crippen molar-refractivity contribution in [3.63, 3.8) is 0 Å². The highest BCUT2D eigenvalue weighted by Crippen LogP contribution is 2.27. The molecule has 2 rings (SSSR count).